The Kier molecular flexibility index (Phi) is 5.24. The number of Topliss-reactive ketones (excluding diaryl/α,β-unsaturated/α-hetero) is 2. The van der Waals surface area contributed by atoms with Gasteiger partial charge in [-0.1, -0.05) is 23.8 Å². The second-order valence-corrected chi connectivity index (χ2v) is 7.72. The first-order valence-corrected chi connectivity index (χ1v) is 9.29. The lowest BCUT2D eigenvalue weighted by molar-refractivity contribution is -0.123. The number of hydrogen-bond donors (Lipinski definition) is 0. The van der Waals surface area contributed by atoms with E-state index in [1.807, 2.05) is 20.8 Å². The first-order chi connectivity index (χ1) is 11.9. The van der Waals surface area contributed by atoms with Crippen LogP contribution in [0.15, 0.2) is 23.8 Å². The molecule has 134 valence electrons. The van der Waals surface area contributed by atoms with Gasteiger partial charge in [0.25, 0.3) is 0 Å². The third-order valence-corrected chi connectivity index (χ3v) is 5.78. The average Bonchev–Trinajstić information content (AvgIpc) is 2.82. The van der Waals surface area contributed by atoms with Crippen molar-refractivity contribution < 1.29 is 14.3 Å². The summed E-state index contributed by atoms with van der Waals surface area (Å²) in [5, 5.41) is 0. The summed E-state index contributed by atoms with van der Waals surface area (Å²) in [5.74, 6) is -0.120. The van der Waals surface area contributed by atoms with Gasteiger partial charge in [0.1, 0.15) is 5.92 Å². The van der Waals surface area contributed by atoms with Crippen molar-refractivity contribution in [3.8, 4) is 0 Å². The molecule has 2 fully saturated rings. The molecule has 25 heavy (non-hydrogen) atoms. The molecule has 2 aliphatic carbocycles. The minimum absolute atomic E-state index is 0.0221. The maximum Gasteiger partial charge on any atom is 0.173 e. The maximum absolute atomic E-state index is 13.0. The molecule has 2 aliphatic rings. The van der Waals surface area contributed by atoms with Crippen molar-refractivity contribution in [3.05, 3.63) is 46.0 Å². The topological polar surface area (TPSA) is 43.4 Å². The number of carbonyl (C=O) groups is 2. The van der Waals surface area contributed by atoms with Gasteiger partial charge in [-0.2, -0.15) is 0 Å². The van der Waals surface area contributed by atoms with E-state index in [2.05, 4.69) is 18.2 Å². The zero-order chi connectivity index (χ0) is 18.1. The first-order valence-electron chi connectivity index (χ1n) is 9.29. The van der Waals surface area contributed by atoms with Crippen LogP contribution in [0.25, 0.3) is 0 Å². The Bertz CT molecular complexity index is 698. The molecule has 1 atom stereocenters. The fraction of sp³-hybridized carbons (Fsp3) is 0.545. The standard InChI is InChI=1S/C22H28O3/c1-13-9-14(2)20(15(3)10-13)21-19(23)12-17(22(21)24)11-16-5-7-18(25-4)8-6-16/h9-11,16,18,21H,5-8,12H2,1-4H3/b17-11+. The lowest BCUT2D eigenvalue weighted by Gasteiger charge is -2.25. The summed E-state index contributed by atoms with van der Waals surface area (Å²) < 4.78 is 5.42. The van der Waals surface area contributed by atoms with Crippen molar-refractivity contribution in [1.82, 2.24) is 0 Å². The van der Waals surface area contributed by atoms with E-state index in [-0.39, 0.29) is 11.6 Å². The zero-order valence-corrected chi connectivity index (χ0v) is 15.7. The Morgan fingerprint density at radius 1 is 1.00 bits per heavy atom. The van der Waals surface area contributed by atoms with Crippen molar-refractivity contribution in [2.24, 2.45) is 5.92 Å². The highest BCUT2D eigenvalue weighted by atomic mass is 16.5. The predicted molar refractivity (Wildman–Crippen MR) is 98.9 cm³/mol. The van der Waals surface area contributed by atoms with Gasteiger partial charge >= 0.3 is 0 Å². The van der Waals surface area contributed by atoms with E-state index in [1.54, 1.807) is 7.11 Å². The molecule has 1 aromatic carbocycles. The normalized spacial score (nSPS) is 28.8. The molecule has 0 N–H and O–H groups in total. The Morgan fingerprint density at radius 3 is 2.16 bits per heavy atom. The molecular formula is C22H28O3. The number of carbonyl (C=O) groups excluding carboxylic acids is 2. The quantitative estimate of drug-likeness (QED) is 0.606. The van der Waals surface area contributed by atoms with E-state index in [1.165, 1.54) is 5.56 Å². The molecule has 1 aromatic rings. The fourth-order valence-electron chi connectivity index (χ4n) is 4.56. The van der Waals surface area contributed by atoms with Crippen LogP contribution < -0.4 is 0 Å². The highest BCUT2D eigenvalue weighted by Gasteiger charge is 2.40. The van der Waals surface area contributed by atoms with Gasteiger partial charge in [0.2, 0.25) is 0 Å². The minimum Gasteiger partial charge on any atom is -0.381 e. The third kappa shape index (κ3) is 3.62. The van der Waals surface area contributed by atoms with Crippen molar-refractivity contribution >= 4 is 11.6 Å². The number of aryl methyl sites for hydroxylation is 3. The van der Waals surface area contributed by atoms with E-state index >= 15 is 0 Å². The SMILES string of the molecule is COC1CCC(/C=C2\CC(=O)C(c3c(C)cc(C)cc3C)C2=O)CC1. The van der Waals surface area contributed by atoms with Crippen LogP contribution in [0.4, 0.5) is 0 Å². The molecule has 3 nitrogen and oxygen atoms in total. The van der Waals surface area contributed by atoms with Gasteiger partial charge in [-0.3, -0.25) is 9.59 Å². The number of ketones is 2. The molecule has 0 aromatic heterocycles. The van der Waals surface area contributed by atoms with E-state index in [0.717, 1.165) is 47.9 Å². The summed E-state index contributed by atoms with van der Waals surface area (Å²) in [6.45, 7) is 6.05. The van der Waals surface area contributed by atoms with Crippen LogP contribution in [0.3, 0.4) is 0 Å². The van der Waals surface area contributed by atoms with Crippen molar-refractivity contribution in [2.45, 2.75) is 64.9 Å². The summed E-state index contributed by atoms with van der Waals surface area (Å²) in [5.41, 5.74) is 4.92. The molecule has 0 saturated heterocycles. The minimum atomic E-state index is -0.595. The average molecular weight is 340 g/mol. The molecular weight excluding hydrogens is 312 g/mol. The van der Waals surface area contributed by atoms with Crippen LogP contribution >= 0.6 is 0 Å². The van der Waals surface area contributed by atoms with Gasteiger partial charge in [-0.25, -0.2) is 0 Å². The first kappa shape index (κ1) is 18.1. The van der Waals surface area contributed by atoms with Crippen LogP contribution in [0, 0.1) is 26.7 Å². The summed E-state index contributed by atoms with van der Waals surface area (Å²) in [4.78, 5) is 25.6. The van der Waals surface area contributed by atoms with Gasteiger partial charge in [-0.15, -0.1) is 0 Å². The predicted octanol–water partition coefficient (Wildman–Crippen LogP) is 4.37. The number of allylic oxidation sites excluding steroid dienone is 2. The number of benzene rings is 1. The number of rotatable bonds is 3. The molecule has 0 radical (unpaired) electrons. The molecule has 0 bridgehead atoms. The monoisotopic (exact) mass is 340 g/mol. The Morgan fingerprint density at radius 2 is 1.60 bits per heavy atom. The lowest BCUT2D eigenvalue weighted by Crippen LogP contribution is -2.20. The largest absolute Gasteiger partial charge is 0.381 e. The van der Waals surface area contributed by atoms with Crippen molar-refractivity contribution in [2.75, 3.05) is 7.11 Å². The van der Waals surface area contributed by atoms with Crippen LogP contribution in [0.2, 0.25) is 0 Å². The van der Waals surface area contributed by atoms with E-state index in [4.69, 9.17) is 4.74 Å². The molecule has 2 saturated carbocycles. The summed E-state index contributed by atoms with van der Waals surface area (Å²) in [6.07, 6.45) is 6.87. The number of hydrogen-bond acceptors (Lipinski definition) is 3. The van der Waals surface area contributed by atoms with E-state index in [9.17, 15) is 9.59 Å². The Labute approximate surface area is 150 Å². The lowest BCUT2D eigenvalue weighted by atomic mass is 9.84. The van der Waals surface area contributed by atoms with E-state index in [0.29, 0.717) is 18.4 Å². The number of methoxy groups -OCH3 is 1. The molecule has 3 rings (SSSR count). The van der Waals surface area contributed by atoms with Crippen LogP contribution in [-0.4, -0.2) is 24.8 Å². The molecule has 1 unspecified atom stereocenters. The Balaban J connectivity index is 1.83. The van der Waals surface area contributed by atoms with Gasteiger partial charge in [0.05, 0.1) is 6.10 Å². The molecule has 0 aliphatic heterocycles. The smallest absolute Gasteiger partial charge is 0.173 e. The van der Waals surface area contributed by atoms with Crippen molar-refractivity contribution in [3.63, 3.8) is 0 Å². The second kappa shape index (κ2) is 7.25. The summed E-state index contributed by atoms with van der Waals surface area (Å²) in [6, 6.07) is 4.13. The summed E-state index contributed by atoms with van der Waals surface area (Å²) in [7, 11) is 1.76. The van der Waals surface area contributed by atoms with E-state index < -0.39 is 5.92 Å². The Hall–Kier alpha value is -1.74. The van der Waals surface area contributed by atoms with Gasteiger partial charge in [-0.05, 0) is 74.6 Å². The molecule has 0 spiro atoms. The molecule has 3 heteroatoms. The fourth-order valence-corrected chi connectivity index (χ4v) is 4.56. The summed E-state index contributed by atoms with van der Waals surface area (Å²) >= 11 is 0. The van der Waals surface area contributed by atoms with Gasteiger partial charge < -0.3 is 4.74 Å². The van der Waals surface area contributed by atoms with Crippen molar-refractivity contribution in [1.29, 1.82) is 0 Å². The molecule has 0 amide bonds. The highest BCUT2D eigenvalue weighted by Crippen LogP contribution is 2.37. The van der Waals surface area contributed by atoms with Crippen LogP contribution in [-0.2, 0) is 14.3 Å². The van der Waals surface area contributed by atoms with Gasteiger partial charge in [0.15, 0.2) is 11.6 Å². The van der Waals surface area contributed by atoms with Gasteiger partial charge in [0, 0.05) is 13.5 Å². The third-order valence-electron chi connectivity index (χ3n) is 5.78. The highest BCUT2D eigenvalue weighted by molar-refractivity contribution is 6.23. The molecule has 0 heterocycles. The second-order valence-electron chi connectivity index (χ2n) is 7.72. The van der Waals surface area contributed by atoms with Crippen LogP contribution in [0.5, 0.6) is 0 Å². The van der Waals surface area contributed by atoms with Crippen LogP contribution in [0.1, 0.15) is 60.3 Å². The zero-order valence-electron chi connectivity index (χ0n) is 15.7. The number of ether oxygens (including phenoxy) is 1. The maximum atomic E-state index is 13.0.